The summed E-state index contributed by atoms with van der Waals surface area (Å²) in [6.45, 7) is 3.28. The monoisotopic (exact) mass is 413 g/mol. The van der Waals surface area contributed by atoms with Gasteiger partial charge in [-0.1, -0.05) is 18.2 Å². The van der Waals surface area contributed by atoms with Crippen LogP contribution in [0.15, 0.2) is 63.1 Å². The highest BCUT2D eigenvalue weighted by Crippen LogP contribution is 2.44. The minimum Gasteiger partial charge on any atom is -0.459 e. The number of esters is 1. The zero-order valence-corrected chi connectivity index (χ0v) is 16.1. The molecule has 0 saturated carbocycles. The van der Waals surface area contributed by atoms with Crippen molar-refractivity contribution in [3.8, 4) is 5.75 Å². The van der Waals surface area contributed by atoms with Crippen molar-refractivity contribution in [2.24, 2.45) is 5.73 Å². The van der Waals surface area contributed by atoms with Crippen LogP contribution in [0.3, 0.4) is 0 Å². The van der Waals surface area contributed by atoms with E-state index in [1.165, 1.54) is 6.07 Å². The fraction of sp³-hybridized carbons (Fsp3) is 0.182. The van der Waals surface area contributed by atoms with Gasteiger partial charge in [0.2, 0.25) is 5.88 Å². The number of carbonyl (C=O) groups excluding carboxylic acids is 1. The molecule has 30 heavy (non-hydrogen) atoms. The van der Waals surface area contributed by atoms with Gasteiger partial charge in [0, 0.05) is 0 Å². The van der Waals surface area contributed by atoms with Crippen LogP contribution in [0.1, 0.15) is 30.9 Å². The largest absolute Gasteiger partial charge is 0.459 e. The summed E-state index contributed by atoms with van der Waals surface area (Å²) in [5.74, 6) is -4.42. The molecule has 1 unspecified atom stereocenters. The average Bonchev–Trinajstić information content (AvgIpc) is 2.68. The maximum atomic E-state index is 14.0. The smallest absolute Gasteiger partial charge is 0.344 e. The molecule has 1 aliphatic heterocycles. The van der Waals surface area contributed by atoms with Crippen LogP contribution in [0.25, 0.3) is 11.0 Å². The Morgan fingerprint density at radius 2 is 1.87 bits per heavy atom. The molecule has 4 rings (SSSR count). The van der Waals surface area contributed by atoms with Gasteiger partial charge in [-0.2, -0.15) is 0 Å². The van der Waals surface area contributed by atoms with Crippen molar-refractivity contribution in [2.45, 2.75) is 25.9 Å². The summed E-state index contributed by atoms with van der Waals surface area (Å²) in [7, 11) is 0. The van der Waals surface area contributed by atoms with Crippen LogP contribution < -0.4 is 16.1 Å². The van der Waals surface area contributed by atoms with Crippen LogP contribution in [-0.2, 0) is 9.53 Å². The first-order valence-corrected chi connectivity index (χ1v) is 9.17. The predicted molar refractivity (Wildman–Crippen MR) is 104 cm³/mol. The molecule has 2 N–H and O–H groups in total. The molecular formula is C22H17F2NO5. The first-order chi connectivity index (χ1) is 14.3. The van der Waals surface area contributed by atoms with Gasteiger partial charge in [-0.25, -0.2) is 18.4 Å². The number of hydrogen-bond donors (Lipinski definition) is 1. The minimum atomic E-state index is -1.17. The summed E-state index contributed by atoms with van der Waals surface area (Å²) >= 11 is 0. The molecule has 0 aliphatic carbocycles. The molecule has 1 aliphatic rings. The van der Waals surface area contributed by atoms with E-state index in [0.717, 1.165) is 12.1 Å². The summed E-state index contributed by atoms with van der Waals surface area (Å²) in [6, 6.07) is 9.70. The highest BCUT2D eigenvalue weighted by atomic mass is 19.2. The first-order valence-electron chi connectivity index (χ1n) is 9.17. The number of nitrogens with two attached hydrogens (primary N) is 1. The minimum absolute atomic E-state index is 0.0513. The number of rotatable bonds is 3. The lowest BCUT2D eigenvalue weighted by Crippen LogP contribution is -2.31. The quantitative estimate of drug-likeness (QED) is 0.520. The maximum Gasteiger partial charge on any atom is 0.344 e. The van der Waals surface area contributed by atoms with Crippen molar-refractivity contribution in [1.82, 2.24) is 0 Å². The molecule has 6 nitrogen and oxygen atoms in total. The van der Waals surface area contributed by atoms with E-state index in [-0.39, 0.29) is 33.9 Å². The van der Waals surface area contributed by atoms with Crippen LogP contribution in [0, 0.1) is 11.6 Å². The van der Waals surface area contributed by atoms with Crippen LogP contribution in [0.2, 0.25) is 0 Å². The molecule has 0 fully saturated rings. The molecular weight excluding hydrogens is 396 g/mol. The number of hydrogen-bond acceptors (Lipinski definition) is 6. The van der Waals surface area contributed by atoms with Crippen molar-refractivity contribution in [3.63, 3.8) is 0 Å². The third kappa shape index (κ3) is 3.20. The number of fused-ring (bicyclic) bond motifs is 3. The molecule has 154 valence electrons. The molecule has 0 amide bonds. The number of benzene rings is 2. The zero-order valence-electron chi connectivity index (χ0n) is 16.1. The maximum absolute atomic E-state index is 14.0. The molecule has 0 saturated heterocycles. The summed E-state index contributed by atoms with van der Waals surface area (Å²) < 4.78 is 43.9. The second-order valence-electron chi connectivity index (χ2n) is 7.07. The Kier molecular flexibility index (Phi) is 4.77. The average molecular weight is 413 g/mol. The Morgan fingerprint density at radius 3 is 2.57 bits per heavy atom. The Balaban J connectivity index is 2.03. The van der Waals surface area contributed by atoms with Gasteiger partial charge in [0.05, 0.1) is 23.0 Å². The molecule has 0 spiro atoms. The first kappa shape index (κ1) is 19.6. The Labute approximate surface area is 169 Å². The van der Waals surface area contributed by atoms with Crippen molar-refractivity contribution >= 4 is 16.9 Å². The van der Waals surface area contributed by atoms with Gasteiger partial charge < -0.3 is 19.6 Å². The molecule has 1 atom stereocenters. The lowest BCUT2D eigenvalue weighted by atomic mass is 9.83. The molecule has 0 bridgehead atoms. The van der Waals surface area contributed by atoms with E-state index in [1.54, 1.807) is 38.1 Å². The summed E-state index contributed by atoms with van der Waals surface area (Å²) in [6.07, 6.45) is -0.488. The number of para-hydroxylation sites is 1. The standard InChI is InChI=1S/C22H17F2NO5/c1-10(2)28-22(27)18-16(11-7-8-13(23)14(24)9-11)17-19(30-20(18)25)12-5-3-4-6-15(12)29-21(17)26/h3-10,16H,25H2,1-2H3. The van der Waals surface area contributed by atoms with Crippen molar-refractivity contribution in [3.05, 3.63) is 87.1 Å². The molecule has 2 heterocycles. The van der Waals surface area contributed by atoms with E-state index in [9.17, 15) is 18.4 Å². The van der Waals surface area contributed by atoms with Gasteiger partial charge in [-0.3, -0.25) is 0 Å². The summed E-state index contributed by atoms with van der Waals surface area (Å²) in [5, 5.41) is 0.443. The third-order valence-electron chi connectivity index (χ3n) is 4.69. The van der Waals surface area contributed by atoms with Crippen molar-refractivity contribution in [1.29, 1.82) is 0 Å². The highest BCUT2D eigenvalue weighted by Gasteiger charge is 2.39. The summed E-state index contributed by atoms with van der Waals surface area (Å²) in [4.78, 5) is 25.7. The number of carbonyl (C=O) groups is 1. The second-order valence-corrected chi connectivity index (χ2v) is 7.07. The normalized spacial score (nSPS) is 15.8. The van der Waals surface area contributed by atoms with Crippen LogP contribution >= 0.6 is 0 Å². The fourth-order valence-electron chi connectivity index (χ4n) is 3.47. The van der Waals surface area contributed by atoms with Crippen LogP contribution in [0.4, 0.5) is 8.78 Å². The fourth-order valence-corrected chi connectivity index (χ4v) is 3.47. The lowest BCUT2D eigenvalue weighted by Gasteiger charge is -2.28. The van der Waals surface area contributed by atoms with E-state index in [2.05, 4.69) is 0 Å². The van der Waals surface area contributed by atoms with Gasteiger partial charge >= 0.3 is 11.6 Å². The summed E-state index contributed by atoms with van der Waals surface area (Å²) in [5.41, 5.74) is 5.41. The van der Waals surface area contributed by atoms with E-state index >= 15 is 0 Å². The van der Waals surface area contributed by atoms with Gasteiger partial charge in [0.15, 0.2) is 17.4 Å². The Bertz CT molecular complexity index is 1260. The lowest BCUT2D eigenvalue weighted by molar-refractivity contribution is -0.143. The Morgan fingerprint density at radius 1 is 1.13 bits per heavy atom. The van der Waals surface area contributed by atoms with Gasteiger partial charge in [-0.15, -0.1) is 0 Å². The second kappa shape index (κ2) is 7.29. The van der Waals surface area contributed by atoms with Crippen molar-refractivity contribution in [2.75, 3.05) is 0 Å². The molecule has 3 aromatic rings. The van der Waals surface area contributed by atoms with Crippen LogP contribution in [0.5, 0.6) is 5.75 Å². The Hall–Kier alpha value is -3.68. The predicted octanol–water partition coefficient (Wildman–Crippen LogP) is 3.72. The van der Waals surface area contributed by atoms with Crippen molar-refractivity contribution < 1.29 is 27.5 Å². The van der Waals surface area contributed by atoms with E-state index in [0.29, 0.717) is 5.39 Å². The molecule has 1 aromatic heterocycles. The van der Waals surface area contributed by atoms with Crippen LogP contribution in [-0.4, -0.2) is 12.1 Å². The van der Waals surface area contributed by atoms with E-state index in [1.807, 2.05) is 0 Å². The van der Waals surface area contributed by atoms with Gasteiger partial charge in [-0.05, 0) is 43.7 Å². The van der Waals surface area contributed by atoms with Gasteiger partial charge in [0.25, 0.3) is 0 Å². The third-order valence-corrected chi connectivity index (χ3v) is 4.69. The highest BCUT2D eigenvalue weighted by molar-refractivity contribution is 5.94. The zero-order chi connectivity index (χ0) is 21.6. The van der Waals surface area contributed by atoms with Gasteiger partial charge in [0.1, 0.15) is 11.2 Å². The van der Waals surface area contributed by atoms with E-state index in [4.69, 9.17) is 19.6 Å². The molecule has 8 heteroatoms. The van der Waals surface area contributed by atoms with E-state index < -0.39 is 35.3 Å². The number of ether oxygens (including phenoxy) is 2. The number of halogens is 2. The molecule has 0 radical (unpaired) electrons. The topological polar surface area (TPSA) is 91.8 Å². The molecule has 2 aromatic carbocycles. The SMILES string of the molecule is CC(C)OC(=O)C1=C(N)Oc2c(c(=O)oc3ccccc23)C1c1ccc(F)c(F)c1.